The van der Waals surface area contributed by atoms with Gasteiger partial charge in [0.15, 0.2) is 0 Å². The van der Waals surface area contributed by atoms with Crippen LogP contribution >= 0.6 is 0 Å². The third-order valence-electron chi connectivity index (χ3n) is 2.43. The Morgan fingerprint density at radius 3 is 2.78 bits per heavy atom. The summed E-state index contributed by atoms with van der Waals surface area (Å²) < 4.78 is 11.1. The van der Waals surface area contributed by atoms with E-state index in [1.54, 1.807) is 0 Å². The molecule has 0 amide bonds. The maximum absolute atomic E-state index is 8.94. The van der Waals surface area contributed by atoms with Gasteiger partial charge in [-0.05, 0) is 36.2 Å². The number of hydrogen-bond donors (Lipinski definition) is 0. The first-order valence-electron chi connectivity index (χ1n) is 6.24. The molecule has 0 saturated carbocycles. The Bertz CT molecular complexity index is 401. The molecule has 3 nitrogen and oxygen atoms in total. The second kappa shape index (κ2) is 8.04. The highest BCUT2D eigenvalue weighted by atomic mass is 28.3. The number of hydrogen-bond acceptors (Lipinski definition) is 3. The van der Waals surface area contributed by atoms with E-state index in [4.69, 9.17) is 14.4 Å². The Hall–Kier alpha value is -1.15. The first-order chi connectivity index (χ1) is 8.67. The molecule has 1 aromatic rings. The fourth-order valence-corrected chi connectivity index (χ4v) is 3.68. The van der Waals surface area contributed by atoms with Gasteiger partial charge in [-0.1, -0.05) is 26.0 Å². The van der Waals surface area contributed by atoms with Gasteiger partial charge in [-0.2, -0.15) is 5.26 Å². The van der Waals surface area contributed by atoms with Gasteiger partial charge in [0.2, 0.25) is 9.04 Å². The van der Waals surface area contributed by atoms with Gasteiger partial charge in [0, 0.05) is 6.61 Å². The van der Waals surface area contributed by atoms with E-state index in [-0.39, 0.29) is 0 Å². The lowest BCUT2D eigenvalue weighted by molar-refractivity contribution is 0.0213. The third-order valence-corrected chi connectivity index (χ3v) is 5.04. The molecule has 0 aliphatic rings. The van der Waals surface area contributed by atoms with Gasteiger partial charge in [0.1, 0.15) is 6.79 Å². The van der Waals surface area contributed by atoms with E-state index in [1.165, 1.54) is 0 Å². The zero-order valence-corrected chi connectivity index (χ0v) is 12.3. The molecule has 0 aromatic heterocycles. The molecule has 0 spiro atoms. The minimum atomic E-state index is -1.10. The van der Waals surface area contributed by atoms with Crippen LogP contribution < -0.4 is 5.19 Å². The molecule has 0 fully saturated rings. The van der Waals surface area contributed by atoms with Crippen molar-refractivity contribution in [2.45, 2.75) is 26.8 Å². The highest BCUT2D eigenvalue weighted by Crippen LogP contribution is 2.08. The molecule has 1 aromatic carbocycles. The highest BCUT2D eigenvalue weighted by molar-refractivity contribution is 6.67. The van der Waals surface area contributed by atoms with Crippen LogP contribution in [0.25, 0.3) is 0 Å². The van der Waals surface area contributed by atoms with Crippen molar-refractivity contribution in [2.24, 2.45) is 5.92 Å². The lowest BCUT2D eigenvalue weighted by atomic mass is 10.2. The van der Waals surface area contributed by atoms with Gasteiger partial charge in [0.05, 0.1) is 11.6 Å². The normalized spacial score (nSPS) is 10.9. The van der Waals surface area contributed by atoms with Gasteiger partial charge >= 0.3 is 0 Å². The summed E-state index contributed by atoms with van der Waals surface area (Å²) in [6.45, 7) is 7.32. The van der Waals surface area contributed by atoms with Crippen molar-refractivity contribution in [1.82, 2.24) is 0 Å². The molecule has 0 N–H and O–H groups in total. The summed E-state index contributed by atoms with van der Waals surface area (Å²) in [5.41, 5.74) is 0.693. The van der Waals surface area contributed by atoms with E-state index in [0.29, 0.717) is 24.9 Å². The summed E-state index contributed by atoms with van der Waals surface area (Å²) in [6.07, 6.45) is 0. The molecule has 1 rings (SSSR count). The molecular weight excluding hydrogens is 242 g/mol. The number of nitrogens with zero attached hydrogens (tertiary/aromatic N) is 1. The van der Waals surface area contributed by atoms with E-state index in [9.17, 15) is 0 Å². The number of rotatable bonds is 7. The maximum atomic E-state index is 8.94. The van der Waals surface area contributed by atoms with Gasteiger partial charge in [0.25, 0.3) is 0 Å². The van der Waals surface area contributed by atoms with Crippen molar-refractivity contribution in [1.29, 1.82) is 5.26 Å². The fraction of sp³-hybridized carbons (Fsp3) is 0.500. The van der Waals surface area contributed by atoms with Crippen LogP contribution in [0.5, 0.6) is 0 Å². The molecule has 0 aliphatic carbocycles. The SMILES string of the molecule is CCOCO[Si](CC(C)C)c1cccc(C#N)c1. The second-order valence-electron chi connectivity index (χ2n) is 4.47. The van der Waals surface area contributed by atoms with Crippen LogP contribution in [0.4, 0.5) is 0 Å². The van der Waals surface area contributed by atoms with Crippen LogP contribution in [-0.2, 0) is 9.16 Å². The zero-order chi connectivity index (χ0) is 13.4. The summed E-state index contributed by atoms with van der Waals surface area (Å²) in [6, 6.07) is 10.9. The van der Waals surface area contributed by atoms with Crippen LogP contribution in [0.3, 0.4) is 0 Å². The molecule has 0 bridgehead atoms. The lowest BCUT2D eigenvalue weighted by Gasteiger charge is -2.17. The Labute approximate surface area is 111 Å². The summed E-state index contributed by atoms with van der Waals surface area (Å²) >= 11 is 0. The van der Waals surface area contributed by atoms with Crippen LogP contribution in [-0.4, -0.2) is 22.4 Å². The molecular formula is C14H20NO2Si. The van der Waals surface area contributed by atoms with Crippen molar-refractivity contribution in [2.75, 3.05) is 13.4 Å². The van der Waals surface area contributed by atoms with Crippen LogP contribution in [0.1, 0.15) is 26.3 Å². The van der Waals surface area contributed by atoms with Crippen molar-refractivity contribution in [3.8, 4) is 6.07 Å². The molecule has 0 heterocycles. The van der Waals surface area contributed by atoms with E-state index < -0.39 is 9.04 Å². The van der Waals surface area contributed by atoms with Gasteiger partial charge < -0.3 is 9.16 Å². The number of benzene rings is 1. The standard InChI is InChI=1S/C14H20NO2Si/c1-4-16-11-17-18(10-12(2)3)14-7-5-6-13(8-14)9-15/h5-8,12H,4,10-11H2,1-3H3. The number of nitriles is 1. The monoisotopic (exact) mass is 262 g/mol. The predicted molar refractivity (Wildman–Crippen MR) is 73.8 cm³/mol. The first-order valence-corrected chi connectivity index (χ1v) is 7.85. The summed E-state index contributed by atoms with van der Waals surface area (Å²) in [7, 11) is -1.10. The van der Waals surface area contributed by atoms with E-state index in [2.05, 4.69) is 19.9 Å². The molecule has 97 valence electrons. The first kappa shape index (κ1) is 14.9. The molecule has 0 atom stereocenters. The third kappa shape index (κ3) is 5.01. The van der Waals surface area contributed by atoms with Crippen molar-refractivity contribution in [3.63, 3.8) is 0 Å². The van der Waals surface area contributed by atoms with Gasteiger partial charge in [-0.3, -0.25) is 0 Å². The average molecular weight is 262 g/mol. The molecule has 18 heavy (non-hydrogen) atoms. The van der Waals surface area contributed by atoms with Crippen molar-refractivity contribution < 1.29 is 9.16 Å². The quantitative estimate of drug-likeness (QED) is 0.430. The Morgan fingerprint density at radius 2 is 2.17 bits per heavy atom. The fourth-order valence-electron chi connectivity index (χ4n) is 1.59. The highest BCUT2D eigenvalue weighted by Gasteiger charge is 2.18. The summed E-state index contributed by atoms with van der Waals surface area (Å²) in [4.78, 5) is 0. The van der Waals surface area contributed by atoms with Gasteiger partial charge in [-0.25, -0.2) is 0 Å². The smallest absolute Gasteiger partial charge is 0.250 e. The largest absolute Gasteiger partial charge is 0.389 e. The molecule has 0 aliphatic heterocycles. The minimum absolute atomic E-state index is 0.342. The van der Waals surface area contributed by atoms with Crippen molar-refractivity contribution in [3.05, 3.63) is 29.8 Å². The minimum Gasteiger partial charge on any atom is -0.389 e. The average Bonchev–Trinajstić information content (AvgIpc) is 2.37. The summed E-state index contributed by atoms with van der Waals surface area (Å²) in [5, 5.41) is 10.1. The van der Waals surface area contributed by atoms with E-state index >= 15 is 0 Å². The second-order valence-corrected chi connectivity index (χ2v) is 6.59. The predicted octanol–water partition coefficient (Wildman–Crippen LogP) is 2.42. The number of ether oxygens (including phenoxy) is 1. The lowest BCUT2D eigenvalue weighted by Crippen LogP contribution is -2.35. The molecule has 0 saturated heterocycles. The Kier molecular flexibility index (Phi) is 6.66. The molecule has 0 unspecified atom stereocenters. The summed E-state index contributed by atoms with van der Waals surface area (Å²) in [5.74, 6) is 0.575. The van der Waals surface area contributed by atoms with E-state index in [1.807, 2.05) is 31.2 Å². The van der Waals surface area contributed by atoms with E-state index in [0.717, 1.165) is 11.2 Å². The Balaban J connectivity index is 2.76. The Morgan fingerprint density at radius 1 is 1.39 bits per heavy atom. The zero-order valence-electron chi connectivity index (χ0n) is 11.3. The van der Waals surface area contributed by atoms with Crippen molar-refractivity contribution >= 4 is 14.2 Å². The van der Waals surface area contributed by atoms with Crippen LogP contribution in [0.2, 0.25) is 6.04 Å². The maximum Gasteiger partial charge on any atom is 0.250 e. The molecule has 4 heteroatoms. The van der Waals surface area contributed by atoms with Crippen LogP contribution in [0, 0.1) is 17.2 Å². The molecule has 1 radical (unpaired) electrons. The van der Waals surface area contributed by atoms with Crippen LogP contribution in [0.15, 0.2) is 24.3 Å². The topological polar surface area (TPSA) is 42.2 Å². The van der Waals surface area contributed by atoms with Gasteiger partial charge in [-0.15, -0.1) is 0 Å².